The maximum atomic E-state index is 12.7. The lowest BCUT2D eigenvalue weighted by Gasteiger charge is -2.15. The molecule has 0 atom stereocenters. The van der Waals surface area contributed by atoms with Gasteiger partial charge in [0.05, 0.1) is 0 Å². The van der Waals surface area contributed by atoms with Gasteiger partial charge in [-0.2, -0.15) is 8.42 Å². The Morgan fingerprint density at radius 1 is 1.40 bits per heavy atom. The van der Waals surface area contributed by atoms with Crippen LogP contribution in [0.15, 0.2) is 27.6 Å². The van der Waals surface area contributed by atoms with E-state index in [0.29, 0.717) is 11.3 Å². The second-order valence-electron chi connectivity index (χ2n) is 3.02. The van der Waals surface area contributed by atoms with E-state index in [2.05, 4.69) is 15.9 Å². The number of halogens is 2. The summed E-state index contributed by atoms with van der Waals surface area (Å²) < 4.78 is 39.9. The summed E-state index contributed by atoms with van der Waals surface area (Å²) in [6, 6.07) is 5.12. The van der Waals surface area contributed by atoms with Crippen molar-refractivity contribution in [2.75, 3.05) is 6.61 Å². The maximum absolute atomic E-state index is 12.7. The van der Waals surface area contributed by atoms with Gasteiger partial charge in [-0.25, -0.2) is 0 Å². The quantitative estimate of drug-likeness (QED) is 0.747. The van der Waals surface area contributed by atoms with E-state index in [1.807, 2.05) is 0 Å². The minimum atomic E-state index is -4.66. The fraction of sp³-hybridized carbons (Fsp3) is 0.111. The van der Waals surface area contributed by atoms with Crippen molar-refractivity contribution in [3.05, 3.63) is 33.1 Å². The van der Waals surface area contributed by atoms with Crippen LogP contribution in [-0.2, 0) is 10.2 Å². The normalized spacial score (nSPS) is 15.2. The van der Waals surface area contributed by atoms with Crippen molar-refractivity contribution in [1.29, 1.82) is 0 Å². The lowest BCUT2D eigenvalue weighted by atomic mass is 10.1. The predicted octanol–water partition coefficient (Wildman–Crippen LogP) is 2.48. The SMILES string of the molecule is O=S(=O)(F)C1=Cc2cc(Br)ccc2OC1. The zero-order chi connectivity index (χ0) is 11.1. The molecule has 0 N–H and O–H groups in total. The highest BCUT2D eigenvalue weighted by Crippen LogP contribution is 2.30. The minimum absolute atomic E-state index is 0.256. The van der Waals surface area contributed by atoms with Gasteiger partial charge in [-0.15, -0.1) is 3.89 Å². The number of fused-ring (bicyclic) bond motifs is 1. The van der Waals surface area contributed by atoms with Crippen LogP contribution in [0.1, 0.15) is 5.56 Å². The zero-order valence-corrected chi connectivity index (χ0v) is 9.81. The summed E-state index contributed by atoms with van der Waals surface area (Å²) in [4.78, 5) is -0.354. The Labute approximate surface area is 94.9 Å². The molecule has 1 heterocycles. The van der Waals surface area contributed by atoms with Crippen molar-refractivity contribution in [3.8, 4) is 5.75 Å². The summed E-state index contributed by atoms with van der Waals surface area (Å²) in [5.41, 5.74) is 0.548. The Morgan fingerprint density at radius 2 is 2.13 bits per heavy atom. The highest BCUT2D eigenvalue weighted by atomic mass is 79.9. The number of hydrogen-bond acceptors (Lipinski definition) is 3. The van der Waals surface area contributed by atoms with Gasteiger partial charge in [0.1, 0.15) is 17.3 Å². The molecule has 1 aliphatic rings. The average molecular weight is 293 g/mol. The predicted molar refractivity (Wildman–Crippen MR) is 57.6 cm³/mol. The second-order valence-corrected chi connectivity index (χ2v) is 5.34. The molecule has 80 valence electrons. The van der Waals surface area contributed by atoms with Crippen molar-refractivity contribution in [1.82, 2.24) is 0 Å². The molecule has 0 saturated carbocycles. The Bertz CT molecular complexity index is 536. The molecule has 0 unspecified atom stereocenters. The topological polar surface area (TPSA) is 43.4 Å². The molecule has 0 radical (unpaired) electrons. The van der Waals surface area contributed by atoms with E-state index in [-0.39, 0.29) is 11.5 Å². The van der Waals surface area contributed by atoms with Crippen molar-refractivity contribution in [2.45, 2.75) is 0 Å². The fourth-order valence-electron chi connectivity index (χ4n) is 1.27. The van der Waals surface area contributed by atoms with E-state index in [4.69, 9.17) is 4.74 Å². The maximum Gasteiger partial charge on any atom is 0.331 e. The van der Waals surface area contributed by atoms with Crippen LogP contribution >= 0.6 is 15.9 Å². The standard InChI is InChI=1S/C9H6BrFO3S/c10-7-1-2-9-6(3-7)4-8(5-14-9)15(11,12)13/h1-4H,5H2. The smallest absolute Gasteiger partial charge is 0.331 e. The molecule has 0 aromatic heterocycles. The summed E-state index contributed by atoms with van der Waals surface area (Å²) in [7, 11) is -4.66. The van der Waals surface area contributed by atoms with E-state index in [0.717, 1.165) is 4.47 Å². The van der Waals surface area contributed by atoms with Crippen LogP contribution in [0, 0.1) is 0 Å². The van der Waals surface area contributed by atoms with Crippen LogP contribution in [0.5, 0.6) is 5.75 Å². The first-order chi connectivity index (χ1) is 6.97. The average Bonchev–Trinajstić information content (AvgIpc) is 2.15. The molecule has 1 aliphatic heterocycles. The van der Waals surface area contributed by atoms with Gasteiger partial charge in [0.25, 0.3) is 0 Å². The van der Waals surface area contributed by atoms with Gasteiger partial charge in [0, 0.05) is 10.0 Å². The fourth-order valence-corrected chi connectivity index (χ4v) is 2.11. The number of benzene rings is 1. The van der Waals surface area contributed by atoms with Gasteiger partial charge in [-0.3, -0.25) is 0 Å². The van der Waals surface area contributed by atoms with Gasteiger partial charge < -0.3 is 4.74 Å². The Morgan fingerprint density at radius 3 is 2.80 bits per heavy atom. The van der Waals surface area contributed by atoms with Gasteiger partial charge in [-0.05, 0) is 24.3 Å². The summed E-state index contributed by atoms with van der Waals surface area (Å²) in [5.74, 6) is 0.547. The van der Waals surface area contributed by atoms with Gasteiger partial charge in [0.15, 0.2) is 0 Å². The van der Waals surface area contributed by atoms with Crippen LogP contribution in [0.3, 0.4) is 0 Å². The van der Waals surface area contributed by atoms with Crippen LogP contribution < -0.4 is 4.74 Å². The van der Waals surface area contributed by atoms with E-state index < -0.39 is 10.2 Å². The molecule has 0 fully saturated rings. The molecule has 0 spiro atoms. The third kappa shape index (κ3) is 2.21. The van der Waals surface area contributed by atoms with E-state index >= 15 is 0 Å². The zero-order valence-electron chi connectivity index (χ0n) is 7.41. The molecule has 3 nitrogen and oxygen atoms in total. The lowest BCUT2D eigenvalue weighted by Crippen LogP contribution is -2.12. The Hall–Kier alpha value is -0.880. The van der Waals surface area contributed by atoms with Crippen molar-refractivity contribution in [2.24, 2.45) is 0 Å². The Kier molecular flexibility index (Phi) is 2.56. The second kappa shape index (κ2) is 3.61. The molecule has 0 aliphatic carbocycles. The summed E-state index contributed by atoms with van der Waals surface area (Å²) >= 11 is 3.23. The molecule has 1 aromatic carbocycles. The van der Waals surface area contributed by atoms with Gasteiger partial charge in [0.2, 0.25) is 0 Å². The largest absolute Gasteiger partial charge is 0.487 e. The van der Waals surface area contributed by atoms with Crippen LogP contribution in [0.4, 0.5) is 3.89 Å². The summed E-state index contributed by atoms with van der Waals surface area (Å²) in [6.07, 6.45) is 1.28. The monoisotopic (exact) mass is 292 g/mol. The molecular weight excluding hydrogens is 287 g/mol. The molecule has 1 aromatic rings. The number of rotatable bonds is 1. The van der Waals surface area contributed by atoms with Crippen molar-refractivity contribution < 1.29 is 17.0 Å². The van der Waals surface area contributed by atoms with E-state index in [9.17, 15) is 12.3 Å². The summed E-state index contributed by atoms with van der Waals surface area (Å²) in [5, 5.41) is 0. The number of ether oxygens (including phenoxy) is 1. The molecule has 0 bridgehead atoms. The molecule has 0 saturated heterocycles. The van der Waals surface area contributed by atoms with E-state index in [1.54, 1.807) is 18.2 Å². The van der Waals surface area contributed by atoms with E-state index in [1.165, 1.54) is 6.08 Å². The number of hydrogen-bond donors (Lipinski definition) is 0. The summed E-state index contributed by atoms with van der Waals surface area (Å²) in [6.45, 7) is -0.256. The molecule has 2 rings (SSSR count). The Balaban J connectivity index is 2.54. The molecular formula is C9H6BrFO3S. The lowest BCUT2D eigenvalue weighted by molar-refractivity contribution is 0.352. The highest BCUT2D eigenvalue weighted by Gasteiger charge is 2.21. The first-order valence-electron chi connectivity index (χ1n) is 4.04. The third-order valence-electron chi connectivity index (χ3n) is 1.97. The molecule has 6 heteroatoms. The molecule has 0 amide bonds. The van der Waals surface area contributed by atoms with Crippen LogP contribution in [0.25, 0.3) is 6.08 Å². The highest BCUT2D eigenvalue weighted by molar-refractivity contribution is 9.10. The van der Waals surface area contributed by atoms with Crippen molar-refractivity contribution in [3.63, 3.8) is 0 Å². The third-order valence-corrected chi connectivity index (χ3v) is 3.33. The van der Waals surface area contributed by atoms with Gasteiger partial charge >= 0.3 is 10.2 Å². The van der Waals surface area contributed by atoms with Gasteiger partial charge in [-0.1, -0.05) is 15.9 Å². The first kappa shape index (κ1) is 10.6. The molecule has 15 heavy (non-hydrogen) atoms. The van der Waals surface area contributed by atoms with Crippen molar-refractivity contribution >= 4 is 32.2 Å². The van der Waals surface area contributed by atoms with Crippen LogP contribution in [0.2, 0.25) is 0 Å². The first-order valence-corrected chi connectivity index (χ1v) is 6.22. The minimum Gasteiger partial charge on any atom is -0.487 e. The van der Waals surface area contributed by atoms with Crippen LogP contribution in [-0.4, -0.2) is 15.0 Å².